The SMILES string of the molecule is C=C1C[C@H](c2ccccc2OC)CC2=C1CC(C(=O)OCc1cccc(NC)c1)=C(C)N2.C=O.C=O.Cc1cccc(O)c1. The maximum atomic E-state index is 12.9. The number of para-hydroxylation sites is 1. The van der Waals surface area contributed by atoms with Crippen molar-refractivity contribution < 1.29 is 29.0 Å². The third kappa shape index (κ3) is 9.46. The lowest BCUT2D eigenvalue weighted by molar-refractivity contribution is -0.140. The van der Waals surface area contributed by atoms with E-state index in [9.17, 15) is 4.79 Å². The molecule has 0 radical (unpaired) electrons. The Labute approximate surface area is 260 Å². The summed E-state index contributed by atoms with van der Waals surface area (Å²) in [6.07, 6.45) is 2.27. The van der Waals surface area contributed by atoms with E-state index in [0.717, 1.165) is 57.9 Å². The van der Waals surface area contributed by atoms with Gasteiger partial charge in [-0.3, -0.25) is 0 Å². The largest absolute Gasteiger partial charge is 0.508 e. The first-order chi connectivity index (χ1) is 21.3. The Bertz CT molecular complexity index is 1470. The van der Waals surface area contributed by atoms with E-state index in [4.69, 9.17) is 24.2 Å². The molecule has 0 bridgehead atoms. The minimum absolute atomic E-state index is 0.244. The zero-order valence-electron chi connectivity index (χ0n) is 25.9. The van der Waals surface area contributed by atoms with Crippen molar-refractivity contribution in [2.75, 3.05) is 19.5 Å². The van der Waals surface area contributed by atoms with Crippen LogP contribution in [0.3, 0.4) is 0 Å². The van der Waals surface area contributed by atoms with E-state index >= 15 is 0 Å². The first-order valence-electron chi connectivity index (χ1n) is 14.1. The van der Waals surface area contributed by atoms with Crippen molar-refractivity contribution in [1.29, 1.82) is 0 Å². The maximum absolute atomic E-state index is 12.9. The van der Waals surface area contributed by atoms with Crippen LogP contribution in [0.25, 0.3) is 0 Å². The first kappa shape index (κ1) is 35.1. The van der Waals surface area contributed by atoms with Crippen LogP contribution in [0.5, 0.6) is 11.5 Å². The smallest absolute Gasteiger partial charge is 0.336 e. The predicted molar refractivity (Wildman–Crippen MR) is 174 cm³/mol. The number of anilines is 1. The molecule has 8 heteroatoms. The maximum Gasteiger partial charge on any atom is 0.336 e. The van der Waals surface area contributed by atoms with Crippen LogP contribution in [0.15, 0.2) is 107 Å². The van der Waals surface area contributed by atoms with Crippen molar-refractivity contribution in [1.82, 2.24) is 5.32 Å². The van der Waals surface area contributed by atoms with Gasteiger partial charge in [0.1, 0.15) is 31.7 Å². The normalized spacial score (nSPS) is 15.0. The average Bonchev–Trinajstić information content (AvgIpc) is 3.05. The summed E-state index contributed by atoms with van der Waals surface area (Å²) < 4.78 is 11.2. The molecule has 2 aliphatic rings. The number of aromatic hydroxyl groups is 1. The Morgan fingerprint density at radius 2 is 1.68 bits per heavy atom. The van der Waals surface area contributed by atoms with Gasteiger partial charge in [-0.15, -0.1) is 0 Å². The van der Waals surface area contributed by atoms with Gasteiger partial charge in [0.05, 0.1) is 12.7 Å². The van der Waals surface area contributed by atoms with E-state index in [0.29, 0.717) is 23.7 Å². The number of nitrogens with one attached hydrogen (secondary N) is 2. The van der Waals surface area contributed by atoms with E-state index in [1.54, 1.807) is 19.2 Å². The Morgan fingerprint density at radius 3 is 2.32 bits per heavy atom. The first-order valence-corrected chi connectivity index (χ1v) is 14.1. The Balaban J connectivity index is 0.000000478. The fourth-order valence-electron chi connectivity index (χ4n) is 5.17. The second-order valence-corrected chi connectivity index (χ2v) is 10.2. The fourth-order valence-corrected chi connectivity index (χ4v) is 5.17. The second-order valence-electron chi connectivity index (χ2n) is 10.2. The van der Waals surface area contributed by atoms with Gasteiger partial charge in [0, 0.05) is 30.5 Å². The zero-order chi connectivity index (χ0) is 32.6. The number of carbonyl (C=O) groups is 3. The number of aryl methyl sites for hydroxylation is 1. The lowest BCUT2D eigenvalue weighted by atomic mass is 9.77. The average molecular weight is 599 g/mol. The van der Waals surface area contributed by atoms with E-state index in [2.05, 4.69) is 23.3 Å². The molecule has 1 heterocycles. The topological polar surface area (TPSA) is 114 Å². The molecule has 3 aromatic rings. The molecule has 0 saturated carbocycles. The second kappa shape index (κ2) is 17.8. The lowest BCUT2D eigenvalue weighted by Gasteiger charge is -2.34. The highest BCUT2D eigenvalue weighted by Crippen LogP contribution is 2.44. The van der Waals surface area contributed by atoms with Gasteiger partial charge in [-0.25, -0.2) is 4.79 Å². The molecule has 0 fully saturated rings. The van der Waals surface area contributed by atoms with Crippen molar-refractivity contribution in [3.8, 4) is 11.5 Å². The minimum atomic E-state index is -0.281. The molecule has 1 aliphatic heterocycles. The van der Waals surface area contributed by atoms with Gasteiger partial charge in [0.15, 0.2) is 0 Å². The number of carbonyl (C=O) groups excluding carboxylic acids is 3. The molecule has 44 heavy (non-hydrogen) atoms. The molecule has 0 saturated heterocycles. The predicted octanol–water partition coefficient (Wildman–Crippen LogP) is 6.77. The van der Waals surface area contributed by atoms with Crippen LogP contribution in [0.4, 0.5) is 5.69 Å². The van der Waals surface area contributed by atoms with Crippen molar-refractivity contribution in [3.05, 3.63) is 124 Å². The van der Waals surface area contributed by atoms with Crippen LogP contribution in [-0.2, 0) is 25.7 Å². The Morgan fingerprint density at radius 1 is 0.977 bits per heavy atom. The van der Waals surface area contributed by atoms with E-state index < -0.39 is 0 Å². The molecule has 0 unspecified atom stereocenters. The summed E-state index contributed by atoms with van der Waals surface area (Å²) in [4.78, 5) is 28.9. The standard InChI is InChI=1S/C27H30N2O3.C7H8O.2CH2O/c1-17-12-20(22-10-5-6-11-26(22)31-4)14-25-23(17)15-24(18(2)29-25)27(30)32-16-19-8-7-9-21(13-19)28-3;1-6-3-2-4-7(8)5-6;2*1-2/h5-11,13,20,28-29H,1,12,14-16H2,2-4H3;2-5,8H,1H3;2*1H2/t20-;;;/m0.../s1. The summed E-state index contributed by atoms with van der Waals surface area (Å²) in [5, 5.41) is 15.4. The van der Waals surface area contributed by atoms with Crippen LogP contribution in [0.1, 0.15) is 48.8 Å². The van der Waals surface area contributed by atoms with Crippen LogP contribution < -0.4 is 15.4 Å². The van der Waals surface area contributed by atoms with E-state index in [-0.39, 0.29) is 12.6 Å². The minimum Gasteiger partial charge on any atom is -0.508 e. The van der Waals surface area contributed by atoms with Gasteiger partial charge < -0.3 is 34.8 Å². The molecule has 1 aliphatic carbocycles. The highest BCUT2D eigenvalue weighted by molar-refractivity contribution is 5.90. The summed E-state index contributed by atoms with van der Waals surface area (Å²) >= 11 is 0. The molecule has 0 amide bonds. The van der Waals surface area contributed by atoms with Crippen LogP contribution in [-0.4, -0.2) is 38.8 Å². The third-order valence-electron chi connectivity index (χ3n) is 7.29. The van der Waals surface area contributed by atoms with Crippen LogP contribution >= 0.6 is 0 Å². The number of dihydropyridines is 1. The zero-order valence-corrected chi connectivity index (χ0v) is 25.9. The van der Waals surface area contributed by atoms with Gasteiger partial charge in [-0.2, -0.15) is 0 Å². The van der Waals surface area contributed by atoms with Crippen LogP contribution in [0, 0.1) is 6.92 Å². The highest BCUT2D eigenvalue weighted by Gasteiger charge is 2.32. The number of phenolic OH excluding ortho intramolecular Hbond substituents is 1. The third-order valence-corrected chi connectivity index (χ3v) is 7.29. The highest BCUT2D eigenvalue weighted by atomic mass is 16.5. The number of hydrogen-bond acceptors (Lipinski definition) is 8. The van der Waals surface area contributed by atoms with Gasteiger partial charge in [0.25, 0.3) is 0 Å². The number of ether oxygens (including phenoxy) is 2. The van der Waals surface area contributed by atoms with Crippen molar-refractivity contribution in [2.45, 2.75) is 45.6 Å². The van der Waals surface area contributed by atoms with Gasteiger partial charge >= 0.3 is 5.97 Å². The van der Waals surface area contributed by atoms with Gasteiger partial charge in [0.2, 0.25) is 0 Å². The molecule has 5 rings (SSSR count). The molecule has 3 aromatic carbocycles. The van der Waals surface area contributed by atoms with E-state index in [1.807, 2.05) is 89.1 Å². The number of benzene rings is 3. The number of allylic oxidation sites excluding steroid dienone is 4. The number of methoxy groups -OCH3 is 1. The molecule has 0 aromatic heterocycles. The molecule has 232 valence electrons. The Hall–Kier alpha value is -5.11. The molecule has 1 atom stereocenters. The molecule has 0 spiro atoms. The number of hydrogen-bond donors (Lipinski definition) is 3. The quantitative estimate of drug-likeness (QED) is 0.267. The monoisotopic (exact) mass is 598 g/mol. The molecule has 3 N–H and O–H groups in total. The van der Waals surface area contributed by atoms with Crippen molar-refractivity contribution >= 4 is 25.2 Å². The van der Waals surface area contributed by atoms with Crippen molar-refractivity contribution in [2.24, 2.45) is 0 Å². The van der Waals surface area contributed by atoms with Gasteiger partial charge in [-0.1, -0.05) is 49.0 Å². The van der Waals surface area contributed by atoms with E-state index in [1.165, 1.54) is 5.56 Å². The summed E-state index contributed by atoms with van der Waals surface area (Å²) in [6, 6.07) is 23.2. The Kier molecular flexibility index (Phi) is 14.2. The molecular weight excluding hydrogens is 556 g/mol. The summed E-state index contributed by atoms with van der Waals surface area (Å²) in [7, 11) is 3.58. The molecular formula is C36H42N2O6. The summed E-state index contributed by atoms with van der Waals surface area (Å²) in [5.74, 6) is 1.26. The number of phenols is 1. The number of esters is 1. The van der Waals surface area contributed by atoms with Crippen LogP contribution in [0.2, 0.25) is 0 Å². The fraction of sp³-hybridized carbons (Fsp3) is 0.250. The lowest BCUT2D eigenvalue weighted by Crippen LogP contribution is -2.28. The van der Waals surface area contributed by atoms with Crippen molar-refractivity contribution in [3.63, 3.8) is 0 Å². The molecule has 8 nitrogen and oxygen atoms in total. The van der Waals surface area contributed by atoms with Gasteiger partial charge in [-0.05, 0) is 90.8 Å². The summed E-state index contributed by atoms with van der Waals surface area (Å²) in [5.41, 5.74) is 9.09. The summed E-state index contributed by atoms with van der Waals surface area (Å²) in [6.45, 7) is 12.5. The number of rotatable bonds is 6.